The third-order valence-corrected chi connectivity index (χ3v) is 1.77. The molecule has 0 atom stereocenters. The first kappa shape index (κ1) is 11.5. The molecule has 12 heavy (non-hydrogen) atoms. The molecule has 0 saturated heterocycles. The van der Waals surface area contributed by atoms with Crippen molar-refractivity contribution >= 4 is 0 Å². The van der Waals surface area contributed by atoms with Crippen LogP contribution in [0.1, 0.15) is 45.4 Å². The van der Waals surface area contributed by atoms with Gasteiger partial charge in [-0.2, -0.15) is 0 Å². The quantitative estimate of drug-likeness (QED) is 0.390. The van der Waals surface area contributed by atoms with Gasteiger partial charge in [0.25, 0.3) is 0 Å². The minimum absolute atomic E-state index is 0.889. The predicted octanol–water partition coefficient (Wildman–Crippen LogP) is 4.29. The number of unbranched alkanes of at least 4 members (excludes halogenated alkanes) is 4. The predicted molar refractivity (Wildman–Crippen MR) is 57.0 cm³/mol. The van der Waals surface area contributed by atoms with E-state index >= 15 is 0 Å². The highest BCUT2D eigenvalue weighted by Crippen LogP contribution is 2.02. The van der Waals surface area contributed by atoms with E-state index in [1.54, 1.807) is 0 Å². The Morgan fingerprint density at radius 2 is 1.75 bits per heavy atom. The summed E-state index contributed by atoms with van der Waals surface area (Å²) in [5.41, 5.74) is 0. The Morgan fingerprint density at radius 1 is 1.00 bits per heavy atom. The van der Waals surface area contributed by atoms with Crippen LogP contribution in [0.5, 0.6) is 0 Å². The van der Waals surface area contributed by atoms with Gasteiger partial charge in [0, 0.05) is 0 Å². The van der Waals surface area contributed by atoms with Crippen LogP contribution in [-0.2, 0) is 0 Å². The van der Waals surface area contributed by atoms with Crippen LogP contribution < -0.4 is 0 Å². The van der Waals surface area contributed by atoms with Crippen molar-refractivity contribution in [3.8, 4) is 0 Å². The van der Waals surface area contributed by atoms with Crippen molar-refractivity contribution in [1.29, 1.82) is 0 Å². The maximum Gasteiger partial charge on any atom is -0.0347 e. The molecule has 0 aliphatic carbocycles. The molecule has 69 valence electrons. The van der Waals surface area contributed by atoms with Crippen LogP contribution in [0, 0.1) is 6.92 Å². The van der Waals surface area contributed by atoms with E-state index in [2.05, 4.69) is 38.2 Å². The molecule has 0 bridgehead atoms. The lowest BCUT2D eigenvalue weighted by Gasteiger charge is -1.92. The van der Waals surface area contributed by atoms with Crippen LogP contribution in [0.15, 0.2) is 24.3 Å². The molecular weight excluding hydrogens is 144 g/mol. The van der Waals surface area contributed by atoms with Crippen molar-refractivity contribution in [1.82, 2.24) is 0 Å². The number of allylic oxidation sites excluding steroid dienone is 4. The highest BCUT2D eigenvalue weighted by atomic mass is 13.9. The Kier molecular flexibility index (Phi) is 10.0. The van der Waals surface area contributed by atoms with Gasteiger partial charge in [-0.1, -0.05) is 50.5 Å². The Labute approximate surface area is 77.4 Å². The van der Waals surface area contributed by atoms with E-state index in [1.165, 1.54) is 32.1 Å². The molecule has 0 spiro atoms. The zero-order chi connectivity index (χ0) is 9.07. The van der Waals surface area contributed by atoms with E-state index in [1.807, 2.05) is 0 Å². The van der Waals surface area contributed by atoms with Crippen LogP contribution >= 0.6 is 0 Å². The van der Waals surface area contributed by atoms with Crippen molar-refractivity contribution in [2.45, 2.75) is 45.4 Å². The third kappa shape index (κ3) is 9.48. The van der Waals surface area contributed by atoms with E-state index in [0.29, 0.717) is 0 Å². The van der Waals surface area contributed by atoms with Gasteiger partial charge in [-0.15, -0.1) is 0 Å². The summed E-state index contributed by atoms with van der Waals surface area (Å²) in [6.07, 6.45) is 16.0. The zero-order valence-electron chi connectivity index (χ0n) is 8.26. The summed E-state index contributed by atoms with van der Waals surface area (Å²) in [6.45, 7) is 5.97. The van der Waals surface area contributed by atoms with Gasteiger partial charge in [0.05, 0.1) is 0 Å². The lowest BCUT2D eigenvalue weighted by atomic mass is 10.1. The molecular formula is C12H21. The topological polar surface area (TPSA) is 0 Å². The fourth-order valence-electron chi connectivity index (χ4n) is 1.04. The van der Waals surface area contributed by atoms with Crippen molar-refractivity contribution in [3.05, 3.63) is 31.2 Å². The molecule has 0 aromatic carbocycles. The highest BCUT2D eigenvalue weighted by molar-refractivity contribution is 5.02. The summed E-state index contributed by atoms with van der Waals surface area (Å²) in [5.74, 6) is 0. The zero-order valence-corrected chi connectivity index (χ0v) is 8.26. The summed E-state index contributed by atoms with van der Waals surface area (Å²) in [6, 6.07) is 0. The molecule has 0 unspecified atom stereocenters. The molecule has 0 fully saturated rings. The van der Waals surface area contributed by atoms with Gasteiger partial charge in [0.1, 0.15) is 0 Å². The van der Waals surface area contributed by atoms with Gasteiger partial charge >= 0.3 is 0 Å². The highest BCUT2D eigenvalue weighted by Gasteiger charge is 1.82. The first-order valence-corrected chi connectivity index (χ1v) is 5.02. The molecule has 0 nitrogen and oxygen atoms in total. The molecule has 0 N–H and O–H groups in total. The molecule has 0 aliphatic rings. The SMILES string of the molecule is [CH2]C/C=C/C=C\CCCCCC. The van der Waals surface area contributed by atoms with Crippen molar-refractivity contribution < 1.29 is 0 Å². The molecule has 0 saturated carbocycles. The van der Waals surface area contributed by atoms with Gasteiger partial charge in [-0.3, -0.25) is 0 Å². The van der Waals surface area contributed by atoms with Crippen LogP contribution in [0.25, 0.3) is 0 Å². The fourth-order valence-corrected chi connectivity index (χ4v) is 1.04. The standard InChI is InChI=1S/C12H21/c1-3-5-7-9-11-12-10-8-6-4-2/h5,7,9,11H,1,3-4,6,8,10,12H2,2H3/b7-5+,11-9-. The van der Waals surface area contributed by atoms with E-state index in [9.17, 15) is 0 Å². The second-order valence-corrected chi connectivity index (χ2v) is 2.99. The third-order valence-electron chi connectivity index (χ3n) is 1.77. The van der Waals surface area contributed by atoms with E-state index < -0.39 is 0 Å². The van der Waals surface area contributed by atoms with Gasteiger partial charge in [-0.25, -0.2) is 0 Å². The van der Waals surface area contributed by atoms with Crippen LogP contribution in [0.3, 0.4) is 0 Å². The molecule has 0 amide bonds. The van der Waals surface area contributed by atoms with E-state index in [4.69, 9.17) is 0 Å². The van der Waals surface area contributed by atoms with E-state index in [0.717, 1.165) is 6.42 Å². The molecule has 0 heteroatoms. The smallest absolute Gasteiger partial charge is 0.0347 e. The summed E-state index contributed by atoms with van der Waals surface area (Å²) in [4.78, 5) is 0. The Hall–Kier alpha value is -0.520. The summed E-state index contributed by atoms with van der Waals surface area (Å²) in [7, 11) is 0. The summed E-state index contributed by atoms with van der Waals surface area (Å²) in [5, 5.41) is 0. The largest absolute Gasteiger partial charge is 0.0845 e. The average molecular weight is 165 g/mol. The second-order valence-electron chi connectivity index (χ2n) is 2.99. The molecule has 0 aliphatic heterocycles. The van der Waals surface area contributed by atoms with Gasteiger partial charge in [-0.05, 0) is 26.2 Å². The van der Waals surface area contributed by atoms with Crippen molar-refractivity contribution in [2.24, 2.45) is 0 Å². The van der Waals surface area contributed by atoms with Crippen LogP contribution in [0.4, 0.5) is 0 Å². The lowest BCUT2D eigenvalue weighted by Crippen LogP contribution is -1.72. The first-order chi connectivity index (χ1) is 5.91. The van der Waals surface area contributed by atoms with Gasteiger partial charge < -0.3 is 0 Å². The number of hydrogen-bond donors (Lipinski definition) is 0. The van der Waals surface area contributed by atoms with E-state index in [-0.39, 0.29) is 0 Å². The van der Waals surface area contributed by atoms with Gasteiger partial charge in [0.2, 0.25) is 0 Å². The fraction of sp³-hybridized carbons (Fsp3) is 0.583. The molecule has 0 aromatic heterocycles. The molecule has 0 aromatic rings. The van der Waals surface area contributed by atoms with Crippen molar-refractivity contribution in [3.63, 3.8) is 0 Å². The normalized spacial score (nSPS) is 11.8. The second kappa shape index (κ2) is 10.5. The molecule has 0 heterocycles. The lowest BCUT2D eigenvalue weighted by molar-refractivity contribution is 0.674. The first-order valence-electron chi connectivity index (χ1n) is 5.02. The number of rotatable bonds is 7. The molecule has 0 rings (SSSR count). The Bertz CT molecular complexity index is 120. The summed E-state index contributed by atoms with van der Waals surface area (Å²) < 4.78 is 0. The maximum atomic E-state index is 3.72. The van der Waals surface area contributed by atoms with Crippen molar-refractivity contribution in [2.75, 3.05) is 0 Å². The monoisotopic (exact) mass is 165 g/mol. The molecule has 1 radical (unpaired) electrons. The van der Waals surface area contributed by atoms with Gasteiger partial charge in [0.15, 0.2) is 0 Å². The average Bonchev–Trinajstić information content (AvgIpc) is 2.10. The Morgan fingerprint density at radius 3 is 2.42 bits per heavy atom. The van der Waals surface area contributed by atoms with Crippen LogP contribution in [0.2, 0.25) is 0 Å². The Balaban J connectivity index is 3.07. The minimum Gasteiger partial charge on any atom is -0.0845 e. The number of hydrogen-bond acceptors (Lipinski definition) is 0. The summed E-state index contributed by atoms with van der Waals surface area (Å²) >= 11 is 0. The van der Waals surface area contributed by atoms with Crippen LogP contribution in [-0.4, -0.2) is 0 Å². The minimum atomic E-state index is 0.889. The maximum absolute atomic E-state index is 3.72.